The molecule has 0 amide bonds. The molecular formula is C45H62N14O2PtSi2. The smallest absolute Gasteiger partial charge is 0.192 e. The van der Waals surface area contributed by atoms with E-state index >= 15 is 0 Å². The van der Waals surface area contributed by atoms with Gasteiger partial charge in [-0.15, -0.1) is 30.6 Å². The van der Waals surface area contributed by atoms with E-state index in [1.807, 2.05) is 104 Å². The summed E-state index contributed by atoms with van der Waals surface area (Å²) in [5.74, 6) is 1.42. The third-order valence-electron chi connectivity index (χ3n) is 11.5. The van der Waals surface area contributed by atoms with Gasteiger partial charge in [0.05, 0.1) is 38.7 Å². The van der Waals surface area contributed by atoms with Crippen molar-refractivity contribution >= 4 is 27.9 Å². The number of hydrogen-bond acceptors (Lipinski definition) is 12. The van der Waals surface area contributed by atoms with Gasteiger partial charge in [0.1, 0.15) is 22.8 Å². The summed E-state index contributed by atoms with van der Waals surface area (Å²) in [6, 6.07) is 19.4. The normalized spacial score (nSPS) is 12.1. The molecule has 0 bridgehead atoms. The van der Waals surface area contributed by atoms with Crippen LogP contribution in [-0.4, -0.2) is 99.0 Å². The van der Waals surface area contributed by atoms with Crippen molar-refractivity contribution in [3.63, 3.8) is 0 Å². The number of pyridine rings is 4. The molecule has 0 unspecified atom stereocenters. The van der Waals surface area contributed by atoms with E-state index in [4.69, 9.17) is 8.85 Å². The molecule has 8 heterocycles. The maximum Gasteiger partial charge on any atom is 0.192 e. The number of rotatable bonds is 12. The van der Waals surface area contributed by atoms with Crippen LogP contribution in [0, 0.1) is 0 Å². The Bertz CT molecular complexity index is 2490. The van der Waals surface area contributed by atoms with Crippen molar-refractivity contribution in [2.24, 2.45) is 0 Å². The van der Waals surface area contributed by atoms with Gasteiger partial charge >= 0.3 is 0 Å². The Morgan fingerprint density at radius 2 is 0.906 bits per heavy atom. The van der Waals surface area contributed by atoms with Gasteiger partial charge < -0.3 is 8.85 Å². The van der Waals surface area contributed by atoms with Crippen molar-refractivity contribution in [3.8, 4) is 45.6 Å². The summed E-state index contributed by atoms with van der Waals surface area (Å²) in [4.78, 5) is 9.12. The molecule has 0 fully saturated rings. The molecule has 0 saturated heterocycles. The molecule has 0 aliphatic carbocycles. The van der Waals surface area contributed by atoms with E-state index in [9.17, 15) is 0 Å². The first-order valence-electron chi connectivity index (χ1n) is 21.5. The van der Waals surface area contributed by atoms with Crippen LogP contribution in [0.25, 0.3) is 56.8 Å². The van der Waals surface area contributed by atoms with Gasteiger partial charge in [0.15, 0.2) is 39.6 Å². The summed E-state index contributed by atoms with van der Waals surface area (Å²) in [5, 5.41) is 34.3. The zero-order chi connectivity index (χ0) is 45.4. The van der Waals surface area contributed by atoms with Crippen molar-refractivity contribution in [2.75, 3.05) is 13.2 Å². The van der Waals surface area contributed by atoms with Gasteiger partial charge in [0.2, 0.25) is 0 Å². The predicted molar refractivity (Wildman–Crippen MR) is 253 cm³/mol. The monoisotopic (exact) mass is 1080 g/mol. The Morgan fingerprint density at radius 3 is 1.25 bits per heavy atom. The van der Waals surface area contributed by atoms with Crippen molar-refractivity contribution in [1.82, 2.24) is 69.2 Å². The molecule has 0 aliphatic heterocycles. The van der Waals surface area contributed by atoms with Gasteiger partial charge in [0, 0.05) is 57.0 Å². The second-order valence-electron chi connectivity index (χ2n) is 18.4. The molecule has 342 valence electrons. The van der Waals surface area contributed by atoms with Gasteiger partial charge in [-0.05, 0) is 84.8 Å². The second-order valence-corrected chi connectivity index (χ2v) is 28.0. The van der Waals surface area contributed by atoms with Crippen LogP contribution >= 0.6 is 0 Å². The Kier molecular flexibility index (Phi) is 16.5. The summed E-state index contributed by atoms with van der Waals surface area (Å²) < 4.78 is 19.9. The van der Waals surface area contributed by atoms with Gasteiger partial charge in [-0.3, -0.25) is 18.8 Å². The maximum absolute atomic E-state index is 6.23. The van der Waals surface area contributed by atoms with Gasteiger partial charge in [-0.25, -0.2) is 9.36 Å². The zero-order valence-corrected chi connectivity index (χ0v) is 43.4. The van der Waals surface area contributed by atoms with E-state index < -0.39 is 16.6 Å². The van der Waals surface area contributed by atoms with E-state index in [-0.39, 0.29) is 31.1 Å². The maximum atomic E-state index is 6.23. The average Bonchev–Trinajstić information content (AvgIpc) is 4.08. The Balaban J connectivity index is 0.000000224. The molecule has 19 heteroatoms. The molecule has 8 aromatic rings. The average molecular weight is 1080 g/mol. The molecular weight excluding hydrogens is 1020 g/mol. The predicted octanol–water partition coefficient (Wildman–Crippen LogP) is 9.56. The molecule has 0 aliphatic rings. The summed E-state index contributed by atoms with van der Waals surface area (Å²) in [5.41, 5.74) is 6.48. The van der Waals surface area contributed by atoms with Crippen molar-refractivity contribution in [2.45, 2.75) is 111 Å². The van der Waals surface area contributed by atoms with E-state index in [1.165, 1.54) is 6.42 Å². The van der Waals surface area contributed by atoms with Crippen LogP contribution in [0.4, 0.5) is 0 Å². The van der Waals surface area contributed by atoms with Crippen LogP contribution in [0.5, 0.6) is 0 Å². The number of nitrogens with zero attached hydrogens (tertiary/aromatic N) is 14. The van der Waals surface area contributed by atoms with Crippen molar-refractivity contribution in [3.05, 3.63) is 97.8 Å². The number of fused-ring (bicyclic) bond motifs is 2. The fourth-order valence-corrected chi connectivity index (χ4v) is 7.76. The summed E-state index contributed by atoms with van der Waals surface area (Å²) >= 11 is 0. The Morgan fingerprint density at radius 1 is 0.516 bits per heavy atom. The first kappa shape index (κ1) is 49.9. The standard InChI is InChI=1S/2C21H27N7OSi.C3H8.Pt/c2*1-21(2,3)30(4,5)29-13-12-27-15-18(23-26-27)16-9-10-17(22-14-16)20-25-24-19-8-6-7-11-28(19)20;1-3-2;/h2*6-11,14-15H,12-13H2,1-5H3;3H2,1-2H3;. The van der Waals surface area contributed by atoms with Crippen LogP contribution < -0.4 is 0 Å². The van der Waals surface area contributed by atoms with E-state index in [0.29, 0.717) is 38.0 Å². The van der Waals surface area contributed by atoms with E-state index in [0.717, 1.165) is 45.2 Å². The van der Waals surface area contributed by atoms with Crippen LogP contribution in [0.2, 0.25) is 36.3 Å². The van der Waals surface area contributed by atoms with Gasteiger partial charge in [-0.1, -0.05) is 84.4 Å². The van der Waals surface area contributed by atoms with Gasteiger partial charge in [0.25, 0.3) is 0 Å². The molecule has 8 aromatic heterocycles. The number of aromatic nitrogens is 14. The third-order valence-corrected chi connectivity index (χ3v) is 20.5. The minimum absolute atomic E-state index is 0. The minimum atomic E-state index is -1.75. The SMILES string of the molecule is CC(C)(C)[Si](C)(C)OCCn1cc(-c2ccc(-c3nnc4ccccn34)nc2)nn1.CC(C)(C)[Si](C)(C)OCCn1cc(-c2ccc(-c3nnc4ccccn34)nc2)nn1.CCC.[Pt]. The molecule has 0 radical (unpaired) electrons. The van der Waals surface area contributed by atoms with Crippen LogP contribution in [0.15, 0.2) is 97.8 Å². The fourth-order valence-electron chi connectivity index (χ4n) is 5.69. The largest absolute Gasteiger partial charge is 0.415 e. The summed E-state index contributed by atoms with van der Waals surface area (Å²) in [6.45, 7) is 29.3. The van der Waals surface area contributed by atoms with E-state index in [1.54, 1.807) is 12.4 Å². The molecule has 0 saturated carbocycles. The Labute approximate surface area is 392 Å². The van der Waals surface area contributed by atoms with Crippen LogP contribution in [-0.2, 0) is 43.0 Å². The molecule has 0 aromatic carbocycles. The first-order chi connectivity index (χ1) is 29.9. The molecule has 8 rings (SSSR count). The quantitative estimate of drug-likeness (QED) is 0.107. The molecule has 0 N–H and O–H groups in total. The van der Waals surface area contributed by atoms with Crippen molar-refractivity contribution in [1.29, 1.82) is 0 Å². The molecule has 64 heavy (non-hydrogen) atoms. The summed E-state index contributed by atoms with van der Waals surface area (Å²) in [6.07, 6.45) is 12.5. The Hall–Kier alpha value is -5.14. The number of hydrogen-bond donors (Lipinski definition) is 0. The fraction of sp³-hybridized carbons (Fsp3) is 0.422. The molecule has 0 atom stereocenters. The first-order valence-corrected chi connectivity index (χ1v) is 27.3. The van der Waals surface area contributed by atoms with Crippen LogP contribution in [0.1, 0.15) is 61.8 Å². The molecule has 0 spiro atoms. The van der Waals surface area contributed by atoms with Gasteiger partial charge in [-0.2, -0.15) is 0 Å². The van der Waals surface area contributed by atoms with E-state index in [2.05, 4.69) is 133 Å². The zero-order valence-electron chi connectivity index (χ0n) is 39.2. The third kappa shape index (κ3) is 12.1. The summed E-state index contributed by atoms with van der Waals surface area (Å²) in [7, 11) is -3.51. The second kappa shape index (κ2) is 21.2. The van der Waals surface area contributed by atoms with Crippen molar-refractivity contribution < 1.29 is 29.9 Å². The minimum Gasteiger partial charge on any atom is -0.415 e. The topological polar surface area (TPSA) is 166 Å². The van der Waals surface area contributed by atoms with Crippen LogP contribution in [0.3, 0.4) is 0 Å². The molecule has 16 nitrogen and oxygen atoms in total.